The number of hydrogen-bond donors (Lipinski definition) is 1. The van der Waals surface area contributed by atoms with Gasteiger partial charge in [-0.1, -0.05) is 11.6 Å². The molecule has 2 amide bonds. The minimum atomic E-state index is -0.211. The van der Waals surface area contributed by atoms with Crippen LogP contribution in [0.1, 0.15) is 23.0 Å². The van der Waals surface area contributed by atoms with Crippen LogP contribution in [0.2, 0.25) is 5.02 Å². The Labute approximate surface area is 167 Å². The number of carbonyl (C=O) groups excluding carboxylic acids is 2. The van der Waals surface area contributed by atoms with Gasteiger partial charge >= 0.3 is 0 Å². The highest BCUT2D eigenvalue weighted by atomic mass is 35.5. The van der Waals surface area contributed by atoms with E-state index >= 15 is 0 Å². The van der Waals surface area contributed by atoms with Crippen LogP contribution in [0.5, 0.6) is 5.75 Å². The van der Waals surface area contributed by atoms with Crippen LogP contribution < -0.4 is 15.0 Å². The number of nitrogens with zero attached hydrogens (tertiary/aromatic N) is 2. The lowest BCUT2D eigenvalue weighted by Crippen LogP contribution is -2.35. The number of carbonyl (C=O) groups is 2. The lowest BCUT2D eigenvalue weighted by atomic mass is 10.1. The van der Waals surface area contributed by atoms with Gasteiger partial charge in [0.25, 0.3) is 11.8 Å². The fraction of sp³-hybridized carbons (Fsp3) is 0.238. The van der Waals surface area contributed by atoms with Gasteiger partial charge in [0.15, 0.2) is 6.61 Å². The first kappa shape index (κ1) is 18.4. The van der Waals surface area contributed by atoms with Crippen molar-refractivity contribution < 1.29 is 14.3 Å². The first-order valence-electron chi connectivity index (χ1n) is 9.03. The number of amides is 2. The largest absolute Gasteiger partial charge is 0.482 e. The third kappa shape index (κ3) is 2.90. The standard InChI is InChI=1S/C21H20ClN3O3/c1-4-25-16-7-5-13(22)9-15(16)12(2)20(25)21(27)23-14-6-8-18-17(10-14)24(3)19(26)11-28-18/h5-10H,4,11H2,1-3H3,(H,23,27). The maximum absolute atomic E-state index is 13.1. The summed E-state index contributed by atoms with van der Waals surface area (Å²) < 4.78 is 7.42. The number of fused-ring (bicyclic) bond motifs is 2. The quantitative estimate of drug-likeness (QED) is 0.719. The fourth-order valence-electron chi connectivity index (χ4n) is 3.66. The van der Waals surface area contributed by atoms with Crippen LogP contribution in [0.4, 0.5) is 11.4 Å². The molecule has 28 heavy (non-hydrogen) atoms. The van der Waals surface area contributed by atoms with E-state index < -0.39 is 0 Å². The summed E-state index contributed by atoms with van der Waals surface area (Å²) in [5.41, 5.74) is 3.68. The molecular formula is C21H20ClN3O3. The monoisotopic (exact) mass is 397 g/mol. The topological polar surface area (TPSA) is 63.6 Å². The van der Waals surface area contributed by atoms with Gasteiger partial charge in [0, 0.05) is 35.2 Å². The average molecular weight is 398 g/mol. The van der Waals surface area contributed by atoms with Crippen molar-refractivity contribution in [2.75, 3.05) is 23.9 Å². The van der Waals surface area contributed by atoms with E-state index in [0.717, 1.165) is 16.5 Å². The molecule has 3 aromatic rings. The minimum Gasteiger partial charge on any atom is -0.482 e. The lowest BCUT2D eigenvalue weighted by Gasteiger charge is -2.26. The summed E-state index contributed by atoms with van der Waals surface area (Å²) >= 11 is 6.14. The van der Waals surface area contributed by atoms with Gasteiger partial charge in [-0.15, -0.1) is 0 Å². The molecule has 1 N–H and O–H groups in total. The van der Waals surface area contributed by atoms with Crippen LogP contribution in [0.15, 0.2) is 36.4 Å². The molecule has 4 rings (SSSR count). The molecule has 1 aromatic heterocycles. The number of nitrogens with one attached hydrogen (secondary N) is 1. The van der Waals surface area contributed by atoms with Crippen molar-refractivity contribution >= 4 is 45.7 Å². The summed E-state index contributed by atoms with van der Waals surface area (Å²) in [6, 6.07) is 10.9. The molecule has 0 saturated heterocycles. The molecule has 6 nitrogen and oxygen atoms in total. The van der Waals surface area contributed by atoms with Crippen LogP contribution in [0, 0.1) is 6.92 Å². The summed E-state index contributed by atoms with van der Waals surface area (Å²) in [4.78, 5) is 26.5. The summed E-state index contributed by atoms with van der Waals surface area (Å²) in [6.45, 7) is 4.60. The highest BCUT2D eigenvalue weighted by molar-refractivity contribution is 6.31. The van der Waals surface area contributed by atoms with Crippen LogP contribution in [-0.2, 0) is 11.3 Å². The Morgan fingerprint density at radius 3 is 2.79 bits per heavy atom. The van der Waals surface area contributed by atoms with E-state index in [1.807, 2.05) is 36.6 Å². The van der Waals surface area contributed by atoms with Crippen molar-refractivity contribution in [3.8, 4) is 5.75 Å². The van der Waals surface area contributed by atoms with Crippen LogP contribution in [0.25, 0.3) is 10.9 Å². The van der Waals surface area contributed by atoms with E-state index in [-0.39, 0.29) is 18.4 Å². The lowest BCUT2D eigenvalue weighted by molar-refractivity contribution is -0.120. The van der Waals surface area contributed by atoms with E-state index in [4.69, 9.17) is 16.3 Å². The predicted molar refractivity (Wildman–Crippen MR) is 111 cm³/mol. The molecule has 1 aliphatic rings. The number of aryl methyl sites for hydroxylation is 2. The molecule has 0 unspecified atom stereocenters. The van der Waals surface area contributed by atoms with Gasteiger partial charge in [-0.3, -0.25) is 9.59 Å². The zero-order valence-corrected chi connectivity index (χ0v) is 16.6. The number of anilines is 2. The molecule has 0 saturated carbocycles. The highest BCUT2D eigenvalue weighted by Crippen LogP contribution is 2.34. The Balaban J connectivity index is 1.72. The molecular weight excluding hydrogens is 378 g/mol. The molecule has 0 radical (unpaired) electrons. The SMILES string of the molecule is CCn1c(C(=O)Nc2ccc3c(c2)N(C)C(=O)CO3)c(C)c2cc(Cl)ccc21. The number of hydrogen-bond acceptors (Lipinski definition) is 3. The molecule has 144 valence electrons. The van der Waals surface area contributed by atoms with E-state index in [1.165, 1.54) is 4.90 Å². The molecule has 0 aliphatic carbocycles. The first-order valence-corrected chi connectivity index (χ1v) is 9.41. The Kier molecular flexibility index (Phi) is 4.51. The fourth-order valence-corrected chi connectivity index (χ4v) is 3.83. The van der Waals surface area contributed by atoms with Gasteiger partial charge in [-0.25, -0.2) is 0 Å². The third-order valence-corrected chi connectivity index (χ3v) is 5.35. The minimum absolute atomic E-state index is 0.0214. The van der Waals surface area contributed by atoms with E-state index in [2.05, 4.69) is 5.32 Å². The second-order valence-electron chi connectivity index (χ2n) is 6.76. The third-order valence-electron chi connectivity index (χ3n) is 5.11. The second kappa shape index (κ2) is 6.87. The van der Waals surface area contributed by atoms with Crippen LogP contribution in [0.3, 0.4) is 0 Å². The number of benzene rings is 2. The Hall–Kier alpha value is -2.99. The number of ether oxygens (including phenoxy) is 1. The Bertz CT molecular complexity index is 1120. The zero-order valence-electron chi connectivity index (χ0n) is 15.9. The maximum atomic E-state index is 13.1. The van der Waals surface area contributed by atoms with Crippen LogP contribution >= 0.6 is 11.6 Å². The van der Waals surface area contributed by atoms with Crippen molar-refractivity contribution in [3.63, 3.8) is 0 Å². The first-order chi connectivity index (χ1) is 13.4. The smallest absolute Gasteiger partial charge is 0.272 e. The number of rotatable bonds is 3. The van der Waals surface area contributed by atoms with E-state index in [9.17, 15) is 9.59 Å². The average Bonchev–Trinajstić information content (AvgIpc) is 2.96. The van der Waals surface area contributed by atoms with E-state index in [0.29, 0.717) is 34.4 Å². The normalized spacial score (nSPS) is 13.4. The summed E-state index contributed by atoms with van der Waals surface area (Å²) in [6.07, 6.45) is 0. The number of halogens is 1. The molecule has 0 atom stereocenters. The number of likely N-dealkylation sites (N-methyl/N-ethyl adjacent to an activating group) is 1. The summed E-state index contributed by atoms with van der Waals surface area (Å²) in [5, 5.41) is 4.55. The number of aromatic nitrogens is 1. The molecule has 0 fully saturated rings. The molecule has 2 heterocycles. The predicted octanol–water partition coefficient (Wildman–Crippen LogP) is 4.23. The summed E-state index contributed by atoms with van der Waals surface area (Å²) in [5.74, 6) is 0.278. The molecule has 2 aromatic carbocycles. The zero-order chi connectivity index (χ0) is 20.0. The van der Waals surface area contributed by atoms with Crippen molar-refractivity contribution in [2.24, 2.45) is 0 Å². The van der Waals surface area contributed by atoms with E-state index in [1.54, 1.807) is 25.2 Å². The molecule has 0 bridgehead atoms. The molecule has 0 spiro atoms. The van der Waals surface area contributed by atoms with Crippen LogP contribution in [-0.4, -0.2) is 30.0 Å². The molecule has 1 aliphatic heterocycles. The van der Waals surface area contributed by atoms with Crippen molar-refractivity contribution in [3.05, 3.63) is 52.7 Å². The Morgan fingerprint density at radius 2 is 2.04 bits per heavy atom. The van der Waals surface area contributed by atoms with Gasteiger partial charge in [0.2, 0.25) is 0 Å². The van der Waals surface area contributed by atoms with Gasteiger partial charge in [-0.05, 0) is 55.8 Å². The highest BCUT2D eigenvalue weighted by Gasteiger charge is 2.24. The van der Waals surface area contributed by atoms with Crippen molar-refractivity contribution in [1.29, 1.82) is 0 Å². The Morgan fingerprint density at radius 1 is 1.25 bits per heavy atom. The van der Waals surface area contributed by atoms with Gasteiger partial charge in [0.1, 0.15) is 11.4 Å². The van der Waals surface area contributed by atoms with Gasteiger partial charge < -0.3 is 19.5 Å². The van der Waals surface area contributed by atoms with Crippen molar-refractivity contribution in [2.45, 2.75) is 20.4 Å². The second-order valence-corrected chi connectivity index (χ2v) is 7.19. The van der Waals surface area contributed by atoms with Gasteiger partial charge in [-0.2, -0.15) is 0 Å². The molecule has 7 heteroatoms. The maximum Gasteiger partial charge on any atom is 0.272 e. The summed E-state index contributed by atoms with van der Waals surface area (Å²) in [7, 11) is 1.69. The van der Waals surface area contributed by atoms with Gasteiger partial charge in [0.05, 0.1) is 5.69 Å². The van der Waals surface area contributed by atoms with Crippen molar-refractivity contribution in [1.82, 2.24) is 4.57 Å².